The first-order valence-electron chi connectivity index (χ1n) is 6.77. The fourth-order valence-electron chi connectivity index (χ4n) is 2.87. The highest BCUT2D eigenvalue weighted by atomic mass is 15.1. The normalized spacial score (nSPS) is 22.4. The summed E-state index contributed by atoms with van der Waals surface area (Å²) in [7, 11) is 2.23. The van der Waals surface area contributed by atoms with Crippen LogP contribution in [0.4, 0.5) is 0 Å². The van der Waals surface area contributed by atoms with E-state index in [4.69, 9.17) is 5.73 Å². The van der Waals surface area contributed by atoms with Crippen LogP contribution in [0.5, 0.6) is 0 Å². The molecule has 1 aromatic rings. The summed E-state index contributed by atoms with van der Waals surface area (Å²) in [6.07, 6.45) is 4.95. The van der Waals surface area contributed by atoms with Gasteiger partial charge in [-0.1, -0.05) is 24.3 Å². The van der Waals surface area contributed by atoms with Crippen molar-refractivity contribution in [3.8, 4) is 0 Å². The fraction of sp³-hybridized carbons (Fsp3) is 0.600. The van der Waals surface area contributed by atoms with Crippen molar-refractivity contribution in [2.45, 2.75) is 31.6 Å². The van der Waals surface area contributed by atoms with E-state index >= 15 is 0 Å². The van der Waals surface area contributed by atoms with Gasteiger partial charge < -0.3 is 10.6 Å². The van der Waals surface area contributed by atoms with E-state index in [0.717, 1.165) is 18.9 Å². The first-order chi connectivity index (χ1) is 8.31. The number of likely N-dealkylation sites (tertiary alicyclic amines) is 1. The molecule has 1 heterocycles. The summed E-state index contributed by atoms with van der Waals surface area (Å²) in [4.78, 5) is 2.45. The summed E-state index contributed by atoms with van der Waals surface area (Å²) in [6.45, 7) is 3.22. The van der Waals surface area contributed by atoms with Crippen molar-refractivity contribution in [1.29, 1.82) is 0 Å². The first kappa shape index (κ1) is 12.6. The molecule has 0 spiro atoms. The molecule has 0 amide bonds. The SMILES string of the molecule is CN1CCCC(c2ccccc2CCN)CC1. The molecule has 1 saturated heterocycles. The maximum absolute atomic E-state index is 5.70. The number of nitrogens with zero attached hydrogens (tertiary/aromatic N) is 1. The van der Waals surface area contributed by atoms with Gasteiger partial charge in [-0.3, -0.25) is 0 Å². The van der Waals surface area contributed by atoms with Gasteiger partial charge in [0.15, 0.2) is 0 Å². The zero-order valence-electron chi connectivity index (χ0n) is 10.9. The Kier molecular flexibility index (Phi) is 4.57. The van der Waals surface area contributed by atoms with Crippen LogP contribution in [0, 0.1) is 0 Å². The fourth-order valence-corrected chi connectivity index (χ4v) is 2.87. The van der Waals surface area contributed by atoms with E-state index < -0.39 is 0 Å². The Hall–Kier alpha value is -0.860. The molecule has 2 heteroatoms. The zero-order chi connectivity index (χ0) is 12.1. The topological polar surface area (TPSA) is 29.3 Å². The van der Waals surface area contributed by atoms with Crippen molar-refractivity contribution in [3.63, 3.8) is 0 Å². The Morgan fingerprint density at radius 2 is 2.06 bits per heavy atom. The van der Waals surface area contributed by atoms with Crippen LogP contribution in [0.15, 0.2) is 24.3 Å². The predicted molar refractivity (Wildman–Crippen MR) is 73.3 cm³/mol. The number of rotatable bonds is 3. The van der Waals surface area contributed by atoms with Gasteiger partial charge in [-0.05, 0) is 69.4 Å². The van der Waals surface area contributed by atoms with Gasteiger partial charge in [-0.25, -0.2) is 0 Å². The van der Waals surface area contributed by atoms with Gasteiger partial charge in [0.25, 0.3) is 0 Å². The Morgan fingerprint density at radius 1 is 1.24 bits per heavy atom. The monoisotopic (exact) mass is 232 g/mol. The summed E-state index contributed by atoms with van der Waals surface area (Å²) in [5, 5.41) is 0. The van der Waals surface area contributed by atoms with E-state index in [9.17, 15) is 0 Å². The number of benzene rings is 1. The number of nitrogens with two attached hydrogens (primary N) is 1. The van der Waals surface area contributed by atoms with Crippen LogP contribution in [0.1, 0.15) is 36.3 Å². The zero-order valence-corrected chi connectivity index (χ0v) is 10.9. The second-order valence-corrected chi connectivity index (χ2v) is 5.17. The standard InChI is InChI=1S/C15H24N2/c1-17-11-4-6-14(9-12-17)15-7-3-2-5-13(15)8-10-16/h2-3,5,7,14H,4,6,8-12,16H2,1H3. The first-order valence-corrected chi connectivity index (χ1v) is 6.77. The molecule has 94 valence electrons. The number of hydrogen-bond acceptors (Lipinski definition) is 2. The van der Waals surface area contributed by atoms with Gasteiger partial charge in [-0.2, -0.15) is 0 Å². The molecule has 0 aromatic heterocycles. The van der Waals surface area contributed by atoms with Gasteiger partial charge in [-0.15, -0.1) is 0 Å². The summed E-state index contributed by atoms with van der Waals surface area (Å²) in [6, 6.07) is 8.86. The van der Waals surface area contributed by atoms with Crippen molar-refractivity contribution < 1.29 is 0 Å². The lowest BCUT2D eigenvalue weighted by molar-refractivity contribution is 0.347. The smallest absolute Gasteiger partial charge is 0.00160 e. The van der Waals surface area contributed by atoms with E-state index in [2.05, 4.69) is 36.2 Å². The highest BCUT2D eigenvalue weighted by molar-refractivity contribution is 5.31. The third-order valence-corrected chi connectivity index (χ3v) is 3.86. The maximum atomic E-state index is 5.70. The van der Waals surface area contributed by atoms with E-state index in [1.807, 2.05) is 0 Å². The maximum Gasteiger partial charge on any atom is -0.00160 e. The minimum atomic E-state index is 0.739. The largest absolute Gasteiger partial charge is 0.330 e. The molecule has 0 radical (unpaired) electrons. The third kappa shape index (κ3) is 3.30. The van der Waals surface area contributed by atoms with Crippen molar-refractivity contribution in [2.24, 2.45) is 5.73 Å². The average Bonchev–Trinajstić information content (AvgIpc) is 2.55. The molecule has 0 aliphatic carbocycles. The minimum absolute atomic E-state index is 0.739. The summed E-state index contributed by atoms with van der Waals surface area (Å²) in [5.74, 6) is 0.739. The van der Waals surface area contributed by atoms with E-state index in [1.54, 1.807) is 5.56 Å². The van der Waals surface area contributed by atoms with Crippen molar-refractivity contribution in [3.05, 3.63) is 35.4 Å². The second-order valence-electron chi connectivity index (χ2n) is 5.17. The van der Waals surface area contributed by atoms with Crippen molar-refractivity contribution in [2.75, 3.05) is 26.7 Å². The van der Waals surface area contributed by atoms with Crippen LogP contribution in [-0.2, 0) is 6.42 Å². The molecule has 1 fully saturated rings. The van der Waals surface area contributed by atoms with E-state index in [-0.39, 0.29) is 0 Å². The van der Waals surface area contributed by atoms with E-state index in [0.29, 0.717) is 0 Å². The Morgan fingerprint density at radius 3 is 2.88 bits per heavy atom. The molecule has 17 heavy (non-hydrogen) atoms. The highest BCUT2D eigenvalue weighted by Gasteiger charge is 2.18. The Labute approximate surface area is 105 Å². The van der Waals surface area contributed by atoms with Crippen LogP contribution in [0.3, 0.4) is 0 Å². The second kappa shape index (κ2) is 6.18. The van der Waals surface area contributed by atoms with Gasteiger partial charge in [0.2, 0.25) is 0 Å². The molecular formula is C15H24N2. The molecule has 0 bridgehead atoms. The molecule has 0 saturated carbocycles. The summed E-state index contributed by atoms with van der Waals surface area (Å²) in [5.41, 5.74) is 8.72. The molecular weight excluding hydrogens is 208 g/mol. The van der Waals surface area contributed by atoms with Gasteiger partial charge >= 0.3 is 0 Å². The average molecular weight is 232 g/mol. The number of hydrogen-bond donors (Lipinski definition) is 1. The molecule has 2 N–H and O–H groups in total. The van der Waals surface area contributed by atoms with Crippen LogP contribution in [-0.4, -0.2) is 31.6 Å². The molecule has 2 nitrogen and oxygen atoms in total. The Balaban J connectivity index is 2.14. The lowest BCUT2D eigenvalue weighted by atomic mass is 9.87. The summed E-state index contributed by atoms with van der Waals surface area (Å²) >= 11 is 0. The van der Waals surface area contributed by atoms with E-state index in [1.165, 1.54) is 37.9 Å². The molecule has 1 unspecified atom stereocenters. The molecule has 1 aliphatic rings. The lowest BCUT2D eigenvalue weighted by Crippen LogP contribution is -2.18. The Bertz CT molecular complexity index is 349. The van der Waals surface area contributed by atoms with Gasteiger partial charge in [0.1, 0.15) is 0 Å². The molecule has 2 rings (SSSR count). The third-order valence-electron chi connectivity index (χ3n) is 3.86. The van der Waals surface area contributed by atoms with Crippen molar-refractivity contribution in [1.82, 2.24) is 4.90 Å². The van der Waals surface area contributed by atoms with Crippen LogP contribution >= 0.6 is 0 Å². The van der Waals surface area contributed by atoms with Gasteiger partial charge in [0.05, 0.1) is 0 Å². The highest BCUT2D eigenvalue weighted by Crippen LogP contribution is 2.30. The van der Waals surface area contributed by atoms with Gasteiger partial charge in [0, 0.05) is 0 Å². The van der Waals surface area contributed by atoms with Crippen LogP contribution < -0.4 is 5.73 Å². The quantitative estimate of drug-likeness (QED) is 0.867. The van der Waals surface area contributed by atoms with Crippen LogP contribution in [0.2, 0.25) is 0 Å². The lowest BCUT2D eigenvalue weighted by Gasteiger charge is -2.18. The van der Waals surface area contributed by atoms with Crippen molar-refractivity contribution >= 4 is 0 Å². The predicted octanol–water partition coefficient (Wildman–Crippen LogP) is 2.39. The molecule has 1 aromatic carbocycles. The summed E-state index contributed by atoms with van der Waals surface area (Å²) < 4.78 is 0. The molecule has 1 aliphatic heterocycles. The molecule has 1 atom stereocenters. The minimum Gasteiger partial charge on any atom is -0.330 e. The van der Waals surface area contributed by atoms with Crippen LogP contribution in [0.25, 0.3) is 0 Å².